The van der Waals surface area contributed by atoms with Gasteiger partial charge in [0.15, 0.2) is 0 Å². The lowest BCUT2D eigenvalue weighted by molar-refractivity contribution is 0.771. The number of aryl methyl sites for hydroxylation is 1. The molecule has 4 heteroatoms. The molecule has 0 radical (unpaired) electrons. The Bertz CT molecular complexity index is 476. The summed E-state index contributed by atoms with van der Waals surface area (Å²) in [4.78, 5) is 4.27. The molecule has 0 bridgehead atoms. The molecule has 2 aromatic rings. The molecule has 0 atom stereocenters. The van der Waals surface area contributed by atoms with Crippen molar-refractivity contribution in [3.05, 3.63) is 35.6 Å². The first kappa shape index (κ1) is 10.1. The normalized spacial score (nSPS) is 10.5. The molecular formula is C11H12ClN3. The van der Waals surface area contributed by atoms with Gasteiger partial charge in [0.1, 0.15) is 11.5 Å². The first-order chi connectivity index (χ1) is 7.24. The Morgan fingerprint density at radius 1 is 1.40 bits per heavy atom. The van der Waals surface area contributed by atoms with Gasteiger partial charge in [0.2, 0.25) is 0 Å². The van der Waals surface area contributed by atoms with Crippen molar-refractivity contribution in [2.75, 3.05) is 5.73 Å². The second-order valence-corrected chi connectivity index (χ2v) is 3.65. The molecule has 3 nitrogen and oxygen atoms in total. The third kappa shape index (κ3) is 1.70. The summed E-state index contributed by atoms with van der Waals surface area (Å²) in [7, 11) is 0. The third-order valence-electron chi connectivity index (χ3n) is 2.35. The van der Waals surface area contributed by atoms with Crippen molar-refractivity contribution in [2.24, 2.45) is 0 Å². The van der Waals surface area contributed by atoms with E-state index in [2.05, 4.69) is 4.98 Å². The molecule has 0 saturated heterocycles. The molecule has 0 amide bonds. The molecule has 0 aliphatic heterocycles. The van der Waals surface area contributed by atoms with Crippen molar-refractivity contribution in [2.45, 2.75) is 13.5 Å². The summed E-state index contributed by atoms with van der Waals surface area (Å²) < 4.78 is 1.89. The van der Waals surface area contributed by atoms with E-state index in [1.165, 1.54) is 0 Å². The lowest BCUT2D eigenvalue weighted by Crippen LogP contribution is -1.99. The summed E-state index contributed by atoms with van der Waals surface area (Å²) in [6.07, 6.45) is 1.73. The number of aromatic nitrogens is 2. The zero-order chi connectivity index (χ0) is 10.8. The van der Waals surface area contributed by atoms with Gasteiger partial charge in [0, 0.05) is 12.1 Å². The highest BCUT2D eigenvalue weighted by Gasteiger charge is 2.11. The van der Waals surface area contributed by atoms with Crippen molar-refractivity contribution in [1.82, 2.24) is 9.55 Å². The van der Waals surface area contributed by atoms with Gasteiger partial charge in [0.05, 0.1) is 11.3 Å². The average Bonchev–Trinajstić information content (AvgIpc) is 2.60. The fourth-order valence-corrected chi connectivity index (χ4v) is 1.73. The van der Waals surface area contributed by atoms with Gasteiger partial charge >= 0.3 is 0 Å². The van der Waals surface area contributed by atoms with Crippen LogP contribution >= 0.6 is 11.6 Å². The van der Waals surface area contributed by atoms with Crippen LogP contribution in [0.2, 0.25) is 5.02 Å². The van der Waals surface area contributed by atoms with Crippen molar-refractivity contribution < 1.29 is 0 Å². The van der Waals surface area contributed by atoms with Crippen LogP contribution in [0.15, 0.2) is 30.6 Å². The van der Waals surface area contributed by atoms with Crippen LogP contribution in [0.4, 0.5) is 5.82 Å². The number of nitrogens with two attached hydrogens (primary N) is 1. The van der Waals surface area contributed by atoms with Gasteiger partial charge in [-0.2, -0.15) is 0 Å². The highest BCUT2D eigenvalue weighted by Crippen LogP contribution is 2.30. The summed E-state index contributed by atoms with van der Waals surface area (Å²) in [5.74, 6) is 0.658. The van der Waals surface area contributed by atoms with Crippen LogP contribution in [0.5, 0.6) is 0 Å². The van der Waals surface area contributed by atoms with Crippen LogP contribution in [0.25, 0.3) is 11.3 Å². The Morgan fingerprint density at radius 3 is 2.73 bits per heavy atom. The second kappa shape index (κ2) is 3.95. The molecule has 1 heterocycles. The standard InChI is InChI=1S/C11H12ClN3/c1-2-15-7-14-10(11(15)13)8-5-3-4-6-9(8)12/h3-7H,2,13H2,1H3. The summed E-state index contributed by atoms with van der Waals surface area (Å²) in [5, 5.41) is 0.672. The number of anilines is 1. The van der Waals surface area contributed by atoms with Gasteiger partial charge in [-0.1, -0.05) is 29.8 Å². The minimum atomic E-state index is 0.658. The quantitative estimate of drug-likeness (QED) is 0.848. The Labute approximate surface area is 93.5 Å². The number of nitrogens with zero attached hydrogens (tertiary/aromatic N) is 2. The minimum Gasteiger partial charge on any atom is -0.383 e. The SMILES string of the molecule is CCn1cnc(-c2ccccc2Cl)c1N. The monoisotopic (exact) mass is 221 g/mol. The highest BCUT2D eigenvalue weighted by molar-refractivity contribution is 6.33. The van der Waals surface area contributed by atoms with E-state index < -0.39 is 0 Å². The Balaban J connectivity index is 2.55. The first-order valence-corrected chi connectivity index (χ1v) is 5.17. The zero-order valence-corrected chi connectivity index (χ0v) is 9.20. The van der Waals surface area contributed by atoms with E-state index in [1.807, 2.05) is 35.8 Å². The Morgan fingerprint density at radius 2 is 2.13 bits per heavy atom. The molecule has 2 N–H and O–H groups in total. The van der Waals surface area contributed by atoms with E-state index in [1.54, 1.807) is 6.33 Å². The lowest BCUT2D eigenvalue weighted by Gasteiger charge is -2.03. The van der Waals surface area contributed by atoms with E-state index in [4.69, 9.17) is 17.3 Å². The van der Waals surface area contributed by atoms with Gasteiger partial charge in [-0.15, -0.1) is 0 Å². The number of hydrogen-bond donors (Lipinski definition) is 1. The Hall–Kier alpha value is -1.48. The molecule has 0 spiro atoms. The number of hydrogen-bond acceptors (Lipinski definition) is 2. The third-order valence-corrected chi connectivity index (χ3v) is 2.68. The summed E-state index contributed by atoms with van der Waals surface area (Å²) >= 11 is 6.08. The molecule has 0 fully saturated rings. The number of benzene rings is 1. The molecule has 0 saturated carbocycles. The first-order valence-electron chi connectivity index (χ1n) is 4.79. The van der Waals surface area contributed by atoms with Crippen LogP contribution in [0.3, 0.4) is 0 Å². The maximum Gasteiger partial charge on any atom is 0.131 e. The van der Waals surface area contributed by atoms with Crippen molar-refractivity contribution in [3.8, 4) is 11.3 Å². The summed E-state index contributed by atoms with van der Waals surface area (Å²) in [6, 6.07) is 7.56. The van der Waals surface area contributed by atoms with Crippen molar-refractivity contribution in [3.63, 3.8) is 0 Å². The van der Waals surface area contributed by atoms with Crippen LogP contribution in [-0.4, -0.2) is 9.55 Å². The minimum absolute atomic E-state index is 0.658. The van der Waals surface area contributed by atoms with Gasteiger partial charge in [-0.05, 0) is 13.0 Å². The molecule has 0 aliphatic rings. The highest BCUT2D eigenvalue weighted by atomic mass is 35.5. The van der Waals surface area contributed by atoms with E-state index >= 15 is 0 Å². The molecule has 1 aromatic heterocycles. The van der Waals surface area contributed by atoms with E-state index in [0.717, 1.165) is 17.8 Å². The predicted octanol–water partition coefficient (Wildman–Crippen LogP) is 2.81. The maximum absolute atomic E-state index is 6.08. The molecule has 0 unspecified atom stereocenters. The lowest BCUT2D eigenvalue weighted by atomic mass is 10.1. The van der Waals surface area contributed by atoms with Gasteiger partial charge in [-0.25, -0.2) is 4.98 Å². The van der Waals surface area contributed by atoms with Gasteiger partial charge < -0.3 is 10.3 Å². The number of imidazole rings is 1. The maximum atomic E-state index is 6.08. The van der Waals surface area contributed by atoms with Crippen molar-refractivity contribution >= 4 is 17.4 Å². The van der Waals surface area contributed by atoms with Crippen molar-refractivity contribution in [1.29, 1.82) is 0 Å². The predicted molar refractivity (Wildman–Crippen MR) is 62.8 cm³/mol. The topological polar surface area (TPSA) is 43.8 Å². The summed E-state index contributed by atoms with van der Waals surface area (Å²) in [5.41, 5.74) is 7.59. The smallest absolute Gasteiger partial charge is 0.131 e. The largest absolute Gasteiger partial charge is 0.383 e. The van der Waals surface area contributed by atoms with E-state index in [0.29, 0.717) is 10.8 Å². The van der Waals surface area contributed by atoms with Gasteiger partial charge in [-0.3, -0.25) is 0 Å². The fraction of sp³-hybridized carbons (Fsp3) is 0.182. The number of rotatable bonds is 2. The van der Waals surface area contributed by atoms with Gasteiger partial charge in [0.25, 0.3) is 0 Å². The number of nitrogen functional groups attached to an aromatic ring is 1. The van der Waals surface area contributed by atoms with E-state index in [-0.39, 0.29) is 0 Å². The molecule has 78 valence electrons. The van der Waals surface area contributed by atoms with Crippen LogP contribution < -0.4 is 5.73 Å². The molecule has 15 heavy (non-hydrogen) atoms. The molecule has 1 aromatic carbocycles. The van der Waals surface area contributed by atoms with Crippen LogP contribution in [0, 0.1) is 0 Å². The van der Waals surface area contributed by atoms with Crippen LogP contribution in [-0.2, 0) is 6.54 Å². The fourth-order valence-electron chi connectivity index (χ4n) is 1.50. The average molecular weight is 222 g/mol. The summed E-state index contributed by atoms with van der Waals surface area (Å²) in [6.45, 7) is 2.83. The Kier molecular flexibility index (Phi) is 2.64. The van der Waals surface area contributed by atoms with Crippen LogP contribution in [0.1, 0.15) is 6.92 Å². The molecule has 2 rings (SSSR count). The molecular weight excluding hydrogens is 210 g/mol. The van der Waals surface area contributed by atoms with E-state index in [9.17, 15) is 0 Å². The molecule has 0 aliphatic carbocycles. The second-order valence-electron chi connectivity index (χ2n) is 3.24. The zero-order valence-electron chi connectivity index (χ0n) is 8.44. The number of halogens is 1.